The van der Waals surface area contributed by atoms with E-state index >= 15 is 0 Å². The molecule has 0 saturated heterocycles. The van der Waals surface area contributed by atoms with Crippen LogP contribution in [0, 0.1) is 16.0 Å². The molecule has 0 spiro atoms. The van der Waals surface area contributed by atoms with Gasteiger partial charge in [0.25, 0.3) is 5.69 Å². The molecule has 1 aromatic rings. The van der Waals surface area contributed by atoms with Crippen LogP contribution in [0.25, 0.3) is 0 Å². The molecule has 0 aromatic heterocycles. The number of nitrogens with zero attached hydrogens (tertiary/aromatic N) is 1. The molecule has 1 rings (SSSR count). The van der Waals surface area contributed by atoms with Gasteiger partial charge in [-0.3, -0.25) is 10.1 Å². The van der Waals surface area contributed by atoms with Gasteiger partial charge in [-0.15, -0.1) is 0 Å². The topological polar surface area (TPSA) is 101 Å². The van der Waals surface area contributed by atoms with Gasteiger partial charge in [-0.05, 0) is 25.0 Å². The summed E-state index contributed by atoms with van der Waals surface area (Å²) in [5.41, 5.74) is 6.31. The van der Waals surface area contributed by atoms with Crippen molar-refractivity contribution >= 4 is 17.1 Å². The Kier molecular flexibility index (Phi) is 4.28. The van der Waals surface area contributed by atoms with Gasteiger partial charge < -0.3 is 16.2 Å². The van der Waals surface area contributed by atoms with E-state index in [0.717, 1.165) is 0 Å². The van der Waals surface area contributed by atoms with E-state index in [2.05, 4.69) is 5.32 Å². The van der Waals surface area contributed by atoms with Crippen molar-refractivity contribution in [2.24, 2.45) is 5.92 Å². The highest BCUT2D eigenvalue weighted by atomic mass is 16.6. The zero-order valence-corrected chi connectivity index (χ0v) is 9.88. The molecule has 2 atom stereocenters. The highest BCUT2D eigenvalue weighted by Crippen LogP contribution is 2.25. The fourth-order valence-corrected chi connectivity index (χ4v) is 1.37. The van der Waals surface area contributed by atoms with Crippen LogP contribution in [-0.2, 0) is 0 Å². The number of nitrogens with one attached hydrogen (secondary N) is 1. The molecule has 0 aliphatic rings. The third kappa shape index (κ3) is 3.32. The van der Waals surface area contributed by atoms with Crippen molar-refractivity contribution in [2.75, 3.05) is 17.7 Å². The maximum atomic E-state index is 10.6. The fraction of sp³-hybridized carbons (Fsp3) is 0.455. The number of hydrogen-bond acceptors (Lipinski definition) is 5. The minimum absolute atomic E-state index is 0.0563. The number of rotatable bonds is 5. The lowest BCUT2D eigenvalue weighted by Gasteiger charge is -2.20. The predicted octanol–water partition coefficient (Wildman–Crippen LogP) is 1.61. The van der Waals surface area contributed by atoms with Gasteiger partial charge >= 0.3 is 0 Å². The largest absolute Gasteiger partial charge is 0.396 e. The van der Waals surface area contributed by atoms with Crippen LogP contribution in [0.3, 0.4) is 0 Å². The summed E-state index contributed by atoms with van der Waals surface area (Å²) in [6.45, 7) is 3.92. The zero-order chi connectivity index (χ0) is 13.0. The number of nitrogens with two attached hydrogens (primary N) is 1. The van der Waals surface area contributed by atoms with Gasteiger partial charge in [0.15, 0.2) is 0 Å². The molecular formula is C11H17N3O3. The van der Waals surface area contributed by atoms with Gasteiger partial charge in [0.05, 0.1) is 4.92 Å². The van der Waals surface area contributed by atoms with Gasteiger partial charge in [0.1, 0.15) is 5.69 Å². The number of hydrogen-bond donors (Lipinski definition) is 3. The smallest absolute Gasteiger partial charge is 0.292 e. The third-order valence-corrected chi connectivity index (χ3v) is 2.76. The molecule has 1 aromatic carbocycles. The van der Waals surface area contributed by atoms with Gasteiger partial charge in [0, 0.05) is 24.4 Å². The van der Waals surface area contributed by atoms with Crippen molar-refractivity contribution in [1.29, 1.82) is 0 Å². The summed E-state index contributed by atoms with van der Waals surface area (Å²) in [5.74, 6) is 0.0893. The van der Waals surface area contributed by atoms with Crippen LogP contribution in [0.4, 0.5) is 17.1 Å². The van der Waals surface area contributed by atoms with Crippen molar-refractivity contribution in [3.63, 3.8) is 0 Å². The Hall–Kier alpha value is -1.82. The quantitative estimate of drug-likeness (QED) is 0.411. The highest BCUT2D eigenvalue weighted by molar-refractivity contribution is 5.66. The second kappa shape index (κ2) is 5.49. The summed E-state index contributed by atoms with van der Waals surface area (Å²) in [6.07, 6.45) is 0. The summed E-state index contributed by atoms with van der Waals surface area (Å²) in [6, 6.07) is 4.56. The number of nitro benzene ring substituents is 1. The maximum Gasteiger partial charge on any atom is 0.292 e. The Morgan fingerprint density at radius 1 is 1.53 bits per heavy atom. The normalized spacial score (nSPS) is 14.1. The molecule has 6 nitrogen and oxygen atoms in total. The van der Waals surface area contributed by atoms with Crippen molar-refractivity contribution in [3.8, 4) is 0 Å². The molecule has 2 unspecified atom stereocenters. The van der Waals surface area contributed by atoms with Gasteiger partial charge in [-0.2, -0.15) is 0 Å². The van der Waals surface area contributed by atoms with Crippen molar-refractivity contribution in [2.45, 2.75) is 19.9 Å². The molecule has 0 aliphatic carbocycles. The lowest BCUT2D eigenvalue weighted by Crippen LogP contribution is -2.26. The molecule has 0 bridgehead atoms. The fourth-order valence-electron chi connectivity index (χ4n) is 1.37. The average Bonchev–Trinajstić information content (AvgIpc) is 2.27. The number of benzene rings is 1. The first-order chi connectivity index (χ1) is 7.95. The van der Waals surface area contributed by atoms with E-state index in [1.807, 2.05) is 13.8 Å². The van der Waals surface area contributed by atoms with Crippen LogP contribution in [0.2, 0.25) is 0 Å². The summed E-state index contributed by atoms with van der Waals surface area (Å²) in [4.78, 5) is 10.1. The summed E-state index contributed by atoms with van der Waals surface area (Å²) in [7, 11) is 0. The first-order valence-electron chi connectivity index (χ1n) is 5.37. The number of aliphatic hydroxyl groups excluding tert-OH is 1. The summed E-state index contributed by atoms with van der Waals surface area (Å²) < 4.78 is 0. The van der Waals surface area contributed by atoms with Crippen LogP contribution < -0.4 is 11.1 Å². The van der Waals surface area contributed by atoms with Crippen LogP contribution in [0.5, 0.6) is 0 Å². The van der Waals surface area contributed by atoms with E-state index in [9.17, 15) is 10.1 Å². The molecule has 17 heavy (non-hydrogen) atoms. The summed E-state index contributed by atoms with van der Waals surface area (Å²) in [5, 5.41) is 22.7. The minimum Gasteiger partial charge on any atom is -0.396 e. The molecule has 0 saturated carbocycles. The van der Waals surface area contributed by atoms with E-state index in [-0.39, 0.29) is 29.9 Å². The Labute approximate surface area is 99.6 Å². The van der Waals surface area contributed by atoms with Crippen LogP contribution in [0.1, 0.15) is 13.8 Å². The van der Waals surface area contributed by atoms with E-state index < -0.39 is 4.92 Å². The monoisotopic (exact) mass is 239 g/mol. The van der Waals surface area contributed by atoms with E-state index in [0.29, 0.717) is 5.69 Å². The predicted molar refractivity (Wildman–Crippen MR) is 66.8 cm³/mol. The number of anilines is 2. The van der Waals surface area contributed by atoms with Crippen LogP contribution >= 0.6 is 0 Å². The minimum atomic E-state index is -0.515. The Balaban J connectivity index is 2.81. The summed E-state index contributed by atoms with van der Waals surface area (Å²) >= 11 is 0. The molecule has 0 fully saturated rings. The molecule has 0 heterocycles. The molecule has 94 valence electrons. The number of nitrogen functional groups attached to an aromatic ring is 1. The average molecular weight is 239 g/mol. The zero-order valence-electron chi connectivity index (χ0n) is 9.88. The Bertz CT molecular complexity index is 409. The van der Waals surface area contributed by atoms with Gasteiger partial charge in [0.2, 0.25) is 0 Å². The first-order valence-corrected chi connectivity index (χ1v) is 5.37. The lowest BCUT2D eigenvalue weighted by atomic mass is 10.0. The lowest BCUT2D eigenvalue weighted by molar-refractivity contribution is -0.383. The van der Waals surface area contributed by atoms with Gasteiger partial charge in [-0.1, -0.05) is 6.92 Å². The van der Waals surface area contributed by atoms with E-state index in [4.69, 9.17) is 10.8 Å². The molecular weight excluding hydrogens is 222 g/mol. The molecule has 0 radical (unpaired) electrons. The van der Waals surface area contributed by atoms with E-state index in [1.165, 1.54) is 12.1 Å². The second-order valence-electron chi connectivity index (χ2n) is 4.12. The molecule has 0 aliphatic heterocycles. The number of nitro groups is 1. The van der Waals surface area contributed by atoms with E-state index in [1.54, 1.807) is 6.07 Å². The third-order valence-electron chi connectivity index (χ3n) is 2.76. The Morgan fingerprint density at radius 3 is 2.65 bits per heavy atom. The second-order valence-corrected chi connectivity index (χ2v) is 4.12. The SMILES string of the molecule is CC(CO)C(C)Nc1ccc([N+](=O)[O-])c(N)c1. The molecule has 6 heteroatoms. The first kappa shape index (κ1) is 13.2. The molecule has 4 N–H and O–H groups in total. The Morgan fingerprint density at radius 2 is 2.18 bits per heavy atom. The van der Waals surface area contributed by atoms with Crippen molar-refractivity contribution in [3.05, 3.63) is 28.3 Å². The van der Waals surface area contributed by atoms with Crippen LogP contribution in [0.15, 0.2) is 18.2 Å². The van der Waals surface area contributed by atoms with Crippen molar-refractivity contribution in [1.82, 2.24) is 0 Å². The maximum absolute atomic E-state index is 10.6. The number of aliphatic hydroxyl groups is 1. The standard InChI is InChI=1S/C11H17N3O3/c1-7(6-15)8(2)13-9-3-4-11(14(16)17)10(12)5-9/h3-5,7-8,13,15H,6,12H2,1-2H3. The van der Waals surface area contributed by atoms with Crippen LogP contribution in [-0.4, -0.2) is 22.7 Å². The van der Waals surface area contributed by atoms with Crippen molar-refractivity contribution < 1.29 is 10.0 Å². The molecule has 0 amide bonds. The van der Waals surface area contributed by atoms with Gasteiger partial charge in [-0.25, -0.2) is 0 Å². The highest BCUT2D eigenvalue weighted by Gasteiger charge is 2.14.